The molecule has 2 rings (SSSR count). The summed E-state index contributed by atoms with van der Waals surface area (Å²) in [6, 6.07) is 6.16. The third-order valence-electron chi connectivity index (χ3n) is 3.46. The quantitative estimate of drug-likeness (QED) is 0.829. The first-order valence-electron chi connectivity index (χ1n) is 6.69. The Hall–Kier alpha value is -1.84. The van der Waals surface area contributed by atoms with Crippen molar-refractivity contribution in [3.63, 3.8) is 0 Å². The molecule has 4 heteroatoms. The molecule has 0 spiro atoms. The van der Waals surface area contributed by atoms with Crippen LogP contribution in [0.3, 0.4) is 0 Å². The van der Waals surface area contributed by atoms with Gasteiger partial charge in [-0.1, -0.05) is 17.7 Å². The maximum absolute atomic E-state index is 12.1. The third-order valence-corrected chi connectivity index (χ3v) is 3.46. The molecule has 0 radical (unpaired) electrons. The molecule has 0 aliphatic carbocycles. The summed E-state index contributed by atoms with van der Waals surface area (Å²) in [5, 5.41) is 8.55. The lowest BCUT2D eigenvalue weighted by molar-refractivity contribution is -0.137. The molecule has 1 N–H and O–H groups in total. The number of benzene rings is 1. The Balaban J connectivity index is 1.90. The van der Waals surface area contributed by atoms with E-state index < -0.39 is 5.97 Å². The second kappa shape index (κ2) is 5.87. The first kappa shape index (κ1) is 13.6. The molecule has 0 unspecified atom stereocenters. The van der Waals surface area contributed by atoms with Gasteiger partial charge in [-0.2, -0.15) is 0 Å². The Kier molecular flexibility index (Phi) is 4.20. The predicted molar refractivity (Wildman–Crippen MR) is 73.3 cm³/mol. The zero-order chi connectivity index (χ0) is 13.8. The van der Waals surface area contributed by atoms with Crippen molar-refractivity contribution in [3.05, 3.63) is 29.3 Å². The van der Waals surface area contributed by atoms with Gasteiger partial charge in [-0.15, -0.1) is 0 Å². The smallest absolute Gasteiger partial charge is 0.303 e. The van der Waals surface area contributed by atoms with Crippen molar-refractivity contribution in [3.8, 4) is 0 Å². The van der Waals surface area contributed by atoms with Crippen molar-refractivity contribution < 1.29 is 14.7 Å². The van der Waals surface area contributed by atoms with Gasteiger partial charge in [0.25, 0.3) is 0 Å². The molecule has 1 aromatic carbocycles. The number of anilines is 1. The predicted octanol–water partition coefficient (Wildman–Crippen LogP) is 2.53. The number of unbranched alkanes of at least 4 members (excludes halogenated alkanes) is 1. The van der Waals surface area contributed by atoms with Crippen LogP contribution in [0.1, 0.15) is 36.8 Å². The highest BCUT2D eigenvalue weighted by molar-refractivity contribution is 5.95. The lowest BCUT2D eigenvalue weighted by Gasteiger charge is -2.17. The van der Waals surface area contributed by atoms with E-state index in [9.17, 15) is 9.59 Å². The monoisotopic (exact) mass is 261 g/mol. The van der Waals surface area contributed by atoms with Gasteiger partial charge in [-0.25, -0.2) is 0 Å². The highest BCUT2D eigenvalue weighted by Crippen LogP contribution is 2.29. The molecule has 0 aromatic heterocycles. The number of amides is 1. The van der Waals surface area contributed by atoms with Crippen LogP contribution in [-0.2, 0) is 16.0 Å². The number of carbonyl (C=O) groups excluding carboxylic acids is 1. The van der Waals surface area contributed by atoms with Crippen LogP contribution >= 0.6 is 0 Å². The van der Waals surface area contributed by atoms with E-state index in [1.165, 1.54) is 11.1 Å². The van der Waals surface area contributed by atoms with E-state index in [0.717, 1.165) is 18.7 Å². The summed E-state index contributed by atoms with van der Waals surface area (Å²) < 4.78 is 0. The highest BCUT2D eigenvalue weighted by Gasteiger charge is 2.23. The van der Waals surface area contributed by atoms with Gasteiger partial charge in [0.2, 0.25) is 5.91 Å². The van der Waals surface area contributed by atoms with E-state index in [0.29, 0.717) is 19.3 Å². The van der Waals surface area contributed by atoms with Crippen LogP contribution in [-0.4, -0.2) is 23.5 Å². The van der Waals surface area contributed by atoms with Crippen molar-refractivity contribution in [2.24, 2.45) is 0 Å². The average Bonchev–Trinajstić information content (AvgIpc) is 2.77. The molecule has 1 aliphatic rings. The van der Waals surface area contributed by atoms with E-state index in [1.54, 1.807) is 0 Å². The van der Waals surface area contributed by atoms with Gasteiger partial charge in [0.1, 0.15) is 0 Å². The maximum atomic E-state index is 12.1. The number of hydrogen-bond donors (Lipinski definition) is 1. The fourth-order valence-electron chi connectivity index (χ4n) is 2.48. The summed E-state index contributed by atoms with van der Waals surface area (Å²) in [6.07, 6.45) is 2.69. The fraction of sp³-hybridized carbons (Fsp3) is 0.467. The molecular formula is C15H19NO3. The lowest BCUT2D eigenvalue weighted by atomic mass is 10.1. The zero-order valence-electron chi connectivity index (χ0n) is 11.2. The SMILES string of the molecule is Cc1ccc2c(c1)CCN2C(=O)CCCCC(=O)O. The average molecular weight is 261 g/mol. The van der Waals surface area contributed by atoms with Gasteiger partial charge >= 0.3 is 5.97 Å². The molecule has 0 saturated carbocycles. The van der Waals surface area contributed by atoms with Gasteiger partial charge in [0, 0.05) is 25.1 Å². The second-order valence-electron chi connectivity index (χ2n) is 5.03. The number of carboxylic acids is 1. The van der Waals surface area contributed by atoms with Crippen molar-refractivity contribution in [1.82, 2.24) is 0 Å². The molecule has 0 bridgehead atoms. The first-order chi connectivity index (χ1) is 9.08. The Bertz CT molecular complexity index is 496. The van der Waals surface area contributed by atoms with E-state index in [1.807, 2.05) is 17.0 Å². The molecule has 1 amide bonds. The number of hydrogen-bond acceptors (Lipinski definition) is 2. The molecule has 1 heterocycles. The molecular weight excluding hydrogens is 242 g/mol. The third kappa shape index (κ3) is 3.34. The van der Waals surface area contributed by atoms with E-state index in [2.05, 4.69) is 13.0 Å². The summed E-state index contributed by atoms with van der Waals surface area (Å²) in [6.45, 7) is 2.80. The van der Waals surface area contributed by atoms with Gasteiger partial charge in [-0.05, 0) is 37.8 Å². The van der Waals surface area contributed by atoms with Crippen molar-refractivity contribution in [2.45, 2.75) is 39.0 Å². The fourth-order valence-corrected chi connectivity index (χ4v) is 2.48. The number of nitrogens with zero attached hydrogens (tertiary/aromatic N) is 1. The lowest BCUT2D eigenvalue weighted by Crippen LogP contribution is -2.28. The summed E-state index contributed by atoms with van der Waals surface area (Å²) >= 11 is 0. The van der Waals surface area contributed by atoms with Crippen molar-refractivity contribution >= 4 is 17.6 Å². The first-order valence-corrected chi connectivity index (χ1v) is 6.69. The minimum Gasteiger partial charge on any atom is -0.481 e. The van der Waals surface area contributed by atoms with Gasteiger partial charge in [0.15, 0.2) is 0 Å². The largest absolute Gasteiger partial charge is 0.481 e. The summed E-state index contributed by atoms with van der Waals surface area (Å²) in [5.41, 5.74) is 3.47. The summed E-state index contributed by atoms with van der Waals surface area (Å²) in [4.78, 5) is 24.3. The van der Waals surface area contributed by atoms with Crippen molar-refractivity contribution in [1.29, 1.82) is 0 Å². The van der Waals surface area contributed by atoms with E-state index in [-0.39, 0.29) is 12.3 Å². The van der Waals surface area contributed by atoms with Crippen LogP contribution in [0.25, 0.3) is 0 Å². The van der Waals surface area contributed by atoms with Crippen molar-refractivity contribution in [2.75, 3.05) is 11.4 Å². The summed E-state index contributed by atoms with van der Waals surface area (Å²) in [7, 11) is 0. The van der Waals surface area contributed by atoms with Crippen LogP contribution < -0.4 is 4.90 Å². The molecule has 0 saturated heterocycles. The number of aryl methyl sites for hydroxylation is 1. The standard InChI is InChI=1S/C15H19NO3/c1-11-6-7-13-12(10-11)8-9-16(13)14(17)4-2-3-5-15(18)19/h6-7,10H,2-5,8-9H2,1H3,(H,18,19). The van der Waals surface area contributed by atoms with Gasteiger partial charge in [0.05, 0.1) is 0 Å². The Morgan fingerprint density at radius 2 is 2.00 bits per heavy atom. The van der Waals surface area contributed by atoms with Gasteiger partial charge < -0.3 is 10.0 Å². The van der Waals surface area contributed by atoms with E-state index in [4.69, 9.17) is 5.11 Å². The molecule has 1 aliphatic heterocycles. The van der Waals surface area contributed by atoms with Crippen LogP contribution in [0.15, 0.2) is 18.2 Å². The molecule has 0 fully saturated rings. The highest BCUT2D eigenvalue weighted by atomic mass is 16.4. The Morgan fingerprint density at radius 3 is 2.74 bits per heavy atom. The van der Waals surface area contributed by atoms with Crippen LogP contribution in [0, 0.1) is 6.92 Å². The van der Waals surface area contributed by atoms with Crippen LogP contribution in [0.2, 0.25) is 0 Å². The molecule has 0 atom stereocenters. The molecule has 19 heavy (non-hydrogen) atoms. The summed E-state index contributed by atoms with van der Waals surface area (Å²) in [5.74, 6) is -0.692. The number of fused-ring (bicyclic) bond motifs is 1. The number of rotatable bonds is 5. The normalized spacial score (nSPS) is 13.4. The number of carbonyl (C=O) groups is 2. The minimum atomic E-state index is -0.797. The van der Waals surface area contributed by atoms with Crippen LogP contribution in [0.5, 0.6) is 0 Å². The second-order valence-corrected chi connectivity index (χ2v) is 5.03. The number of carboxylic acid groups (broad SMARTS) is 1. The molecule has 4 nitrogen and oxygen atoms in total. The van der Waals surface area contributed by atoms with Gasteiger partial charge in [-0.3, -0.25) is 9.59 Å². The minimum absolute atomic E-state index is 0.105. The maximum Gasteiger partial charge on any atom is 0.303 e. The molecule has 102 valence electrons. The molecule has 1 aromatic rings. The van der Waals surface area contributed by atoms with E-state index >= 15 is 0 Å². The zero-order valence-corrected chi connectivity index (χ0v) is 11.2. The Morgan fingerprint density at radius 1 is 1.26 bits per heavy atom. The number of aliphatic carboxylic acids is 1. The topological polar surface area (TPSA) is 57.6 Å². The Labute approximate surface area is 113 Å². The van der Waals surface area contributed by atoms with Crippen LogP contribution in [0.4, 0.5) is 5.69 Å².